The second-order valence-electron chi connectivity index (χ2n) is 17.6. The van der Waals surface area contributed by atoms with Gasteiger partial charge < -0.3 is 14.5 Å². The minimum Gasteiger partial charge on any atom is -0.457 e. The highest BCUT2D eigenvalue weighted by atomic mass is 16.5. The Kier molecular flexibility index (Phi) is 8.73. The Bertz CT molecular complexity index is 2800. The number of aryl methyl sites for hydroxylation is 2. The third kappa shape index (κ3) is 6.71. The molecule has 6 aromatic carbocycles. The van der Waals surface area contributed by atoms with Crippen molar-refractivity contribution in [3.8, 4) is 28.4 Å². The van der Waals surface area contributed by atoms with E-state index in [-0.39, 0.29) is 10.8 Å². The van der Waals surface area contributed by atoms with E-state index >= 15 is 0 Å². The number of benzene rings is 6. The lowest BCUT2D eigenvalue weighted by Crippen LogP contribution is -2.24. The molecule has 0 saturated carbocycles. The normalized spacial score (nSPS) is 13.1. The van der Waals surface area contributed by atoms with E-state index in [1.165, 1.54) is 55.5 Å². The zero-order chi connectivity index (χ0) is 39.6. The van der Waals surface area contributed by atoms with E-state index in [1.54, 1.807) is 0 Å². The van der Waals surface area contributed by atoms with Gasteiger partial charge in [0.2, 0.25) is 0 Å². The van der Waals surface area contributed by atoms with Crippen molar-refractivity contribution in [1.29, 1.82) is 0 Å². The number of aromatic nitrogens is 2. The lowest BCUT2D eigenvalue weighted by atomic mass is 9.86. The Hall–Kier alpha value is -6.33. The van der Waals surface area contributed by atoms with Crippen LogP contribution in [0, 0.1) is 13.8 Å². The minimum absolute atomic E-state index is 0.00287. The number of ether oxygens (including phenoxy) is 1. The molecule has 0 saturated heterocycles. The summed E-state index contributed by atoms with van der Waals surface area (Å²) in [7, 11) is 0. The molecule has 8 aromatic rings. The molecule has 0 aliphatic carbocycles. The molecule has 0 N–H and O–H groups in total. The molecule has 0 amide bonds. The van der Waals surface area contributed by atoms with Crippen molar-refractivity contribution in [3.63, 3.8) is 0 Å². The number of para-hydroxylation sites is 1. The molecule has 57 heavy (non-hydrogen) atoms. The molecule has 5 nitrogen and oxygen atoms in total. The fourth-order valence-electron chi connectivity index (χ4n) is 8.07. The van der Waals surface area contributed by atoms with E-state index in [4.69, 9.17) is 9.72 Å². The van der Waals surface area contributed by atoms with Gasteiger partial charge in [-0.15, -0.1) is 0 Å². The number of rotatable bonds is 6. The average Bonchev–Trinajstić information content (AvgIpc) is 3.73. The molecule has 284 valence electrons. The van der Waals surface area contributed by atoms with E-state index in [2.05, 4.69) is 209 Å². The second kappa shape index (κ2) is 13.7. The zero-order valence-corrected chi connectivity index (χ0v) is 34.3. The molecule has 0 unspecified atom stereocenters. The Morgan fingerprint density at radius 2 is 1.18 bits per heavy atom. The lowest BCUT2D eigenvalue weighted by molar-refractivity contribution is 0.479. The van der Waals surface area contributed by atoms with Gasteiger partial charge in [-0.1, -0.05) is 102 Å². The van der Waals surface area contributed by atoms with Gasteiger partial charge in [0.1, 0.15) is 24.0 Å². The SMILES string of the molecule is Cc1cc2c(cc1C)N(c1cc(Oc3ccc4c5ccccc5n(-c5cc(C(C)(C)C)ccn5)c4c3)cc(C(C)(C)C)c1)CN2c1cccc(-c2ccccc2)c1. The summed E-state index contributed by atoms with van der Waals surface area (Å²) in [4.78, 5) is 9.77. The van der Waals surface area contributed by atoms with Crippen molar-refractivity contribution in [2.75, 3.05) is 16.5 Å². The predicted octanol–water partition coefficient (Wildman–Crippen LogP) is 14.1. The van der Waals surface area contributed by atoms with Gasteiger partial charge in [0, 0.05) is 40.5 Å². The maximum absolute atomic E-state index is 6.92. The molecule has 0 atom stereocenters. The maximum Gasteiger partial charge on any atom is 0.137 e. The Morgan fingerprint density at radius 1 is 0.509 bits per heavy atom. The van der Waals surface area contributed by atoms with Gasteiger partial charge in [-0.25, -0.2) is 4.98 Å². The molecule has 1 aliphatic heterocycles. The molecular weight excluding hydrogens is 697 g/mol. The highest BCUT2D eigenvalue weighted by molar-refractivity contribution is 6.09. The molecule has 0 fully saturated rings. The maximum atomic E-state index is 6.92. The first-order chi connectivity index (χ1) is 27.3. The topological polar surface area (TPSA) is 33.5 Å². The van der Waals surface area contributed by atoms with Gasteiger partial charge in [-0.05, 0) is 125 Å². The van der Waals surface area contributed by atoms with Gasteiger partial charge in [0.25, 0.3) is 0 Å². The number of hydrogen-bond acceptors (Lipinski definition) is 4. The number of hydrogen-bond donors (Lipinski definition) is 0. The quantitative estimate of drug-likeness (QED) is 0.170. The van der Waals surface area contributed by atoms with Gasteiger partial charge in [-0.3, -0.25) is 4.57 Å². The average molecular weight is 747 g/mol. The molecule has 1 aliphatic rings. The minimum atomic E-state index is -0.107. The van der Waals surface area contributed by atoms with Crippen LogP contribution in [0.3, 0.4) is 0 Å². The van der Waals surface area contributed by atoms with Crippen molar-refractivity contribution in [1.82, 2.24) is 9.55 Å². The number of fused-ring (bicyclic) bond motifs is 4. The predicted molar refractivity (Wildman–Crippen MR) is 239 cm³/mol. The summed E-state index contributed by atoms with van der Waals surface area (Å²) in [6.07, 6.45) is 1.93. The van der Waals surface area contributed by atoms with Crippen LogP contribution in [0.15, 0.2) is 146 Å². The molecule has 0 spiro atoms. The standard InChI is InChI=1S/C52H50N4O/c1-34-25-48-49(26-35(34)2)55(33-54(48)40-18-14-17-37(27-40)36-15-10-9-11-16-36)41-28-39(52(6,7)8)29-43(31-41)57-42-21-22-45-44-19-12-13-20-46(44)56(47(45)32-42)50-30-38(23-24-53-50)51(3,4)5/h9-32H,33H2,1-8H3. The largest absolute Gasteiger partial charge is 0.457 e. The van der Waals surface area contributed by atoms with Crippen molar-refractivity contribution in [3.05, 3.63) is 168 Å². The van der Waals surface area contributed by atoms with Crippen LogP contribution in [0.25, 0.3) is 38.8 Å². The Morgan fingerprint density at radius 3 is 1.91 bits per heavy atom. The van der Waals surface area contributed by atoms with Gasteiger partial charge in [0.05, 0.1) is 22.4 Å². The van der Waals surface area contributed by atoms with Crippen LogP contribution in [-0.4, -0.2) is 16.2 Å². The summed E-state index contributed by atoms with van der Waals surface area (Å²) < 4.78 is 9.19. The van der Waals surface area contributed by atoms with Crippen molar-refractivity contribution in [2.24, 2.45) is 0 Å². The number of nitrogens with zero attached hydrogens (tertiary/aromatic N) is 4. The third-order valence-electron chi connectivity index (χ3n) is 11.5. The van der Waals surface area contributed by atoms with E-state index in [0.29, 0.717) is 6.67 Å². The van der Waals surface area contributed by atoms with Crippen LogP contribution >= 0.6 is 0 Å². The van der Waals surface area contributed by atoms with Crippen LogP contribution < -0.4 is 14.5 Å². The van der Waals surface area contributed by atoms with E-state index in [1.807, 2.05) is 6.20 Å². The van der Waals surface area contributed by atoms with Crippen LogP contribution in [0.2, 0.25) is 0 Å². The third-order valence-corrected chi connectivity index (χ3v) is 11.5. The molecule has 5 heteroatoms. The first kappa shape index (κ1) is 36.3. The van der Waals surface area contributed by atoms with Crippen molar-refractivity contribution < 1.29 is 4.74 Å². The van der Waals surface area contributed by atoms with E-state index in [9.17, 15) is 0 Å². The summed E-state index contributed by atoms with van der Waals surface area (Å²) >= 11 is 0. The van der Waals surface area contributed by atoms with Crippen molar-refractivity contribution >= 4 is 44.6 Å². The molecule has 0 radical (unpaired) electrons. The molecule has 3 heterocycles. The smallest absolute Gasteiger partial charge is 0.137 e. The van der Waals surface area contributed by atoms with Gasteiger partial charge in [-0.2, -0.15) is 0 Å². The van der Waals surface area contributed by atoms with E-state index in [0.717, 1.165) is 39.7 Å². The van der Waals surface area contributed by atoms with Crippen LogP contribution in [-0.2, 0) is 10.8 Å². The molecule has 9 rings (SSSR count). The summed E-state index contributed by atoms with van der Waals surface area (Å²) in [5.41, 5.74) is 14.2. The fourth-order valence-corrected chi connectivity index (χ4v) is 8.07. The first-order valence-electron chi connectivity index (χ1n) is 20.0. The number of pyridine rings is 1. The molecule has 2 aromatic heterocycles. The Labute approximate surface area is 336 Å². The summed E-state index contributed by atoms with van der Waals surface area (Å²) in [6, 6.07) is 50.3. The summed E-state index contributed by atoms with van der Waals surface area (Å²) in [5.74, 6) is 2.49. The van der Waals surface area contributed by atoms with Crippen LogP contribution in [0.4, 0.5) is 22.7 Å². The highest BCUT2D eigenvalue weighted by Gasteiger charge is 2.31. The van der Waals surface area contributed by atoms with Gasteiger partial charge in [0.15, 0.2) is 0 Å². The molecule has 0 bridgehead atoms. The Balaban J connectivity index is 1.14. The van der Waals surface area contributed by atoms with Gasteiger partial charge >= 0.3 is 0 Å². The van der Waals surface area contributed by atoms with E-state index < -0.39 is 0 Å². The van der Waals surface area contributed by atoms with Crippen LogP contribution in [0.1, 0.15) is 63.8 Å². The number of anilines is 4. The fraction of sp³-hybridized carbons (Fsp3) is 0.212. The van der Waals surface area contributed by atoms with Crippen molar-refractivity contribution in [2.45, 2.75) is 66.2 Å². The van der Waals surface area contributed by atoms with Crippen LogP contribution in [0.5, 0.6) is 11.5 Å². The summed E-state index contributed by atoms with van der Waals surface area (Å²) in [6.45, 7) is 18.6. The monoisotopic (exact) mass is 746 g/mol. The first-order valence-corrected chi connectivity index (χ1v) is 20.0. The zero-order valence-electron chi connectivity index (χ0n) is 34.3. The second-order valence-corrected chi connectivity index (χ2v) is 17.6. The lowest BCUT2D eigenvalue weighted by Gasteiger charge is -2.26. The highest BCUT2D eigenvalue weighted by Crippen LogP contribution is 2.48. The summed E-state index contributed by atoms with van der Waals surface area (Å²) in [5, 5.41) is 2.36. The molecular formula is C52H50N4O.